The van der Waals surface area contributed by atoms with Crippen LogP contribution in [0.25, 0.3) is 0 Å². The number of esters is 8. The van der Waals surface area contributed by atoms with E-state index >= 15 is 0 Å². The Morgan fingerprint density at radius 1 is 0.400 bits per heavy atom. The molecule has 10 atom stereocenters. The minimum atomic E-state index is -1.30. The predicted octanol–water partition coefficient (Wildman–Crippen LogP) is -0.602. The van der Waals surface area contributed by atoms with Crippen LogP contribution >= 0.6 is 0 Å². The van der Waals surface area contributed by atoms with Gasteiger partial charge in [0.2, 0.25) is 0 Å². The molecule has 2 saturated heterocycles. The molecule has 2 fully saturated rings. The summed E-state index contributed by atoms with van der Waals surface area (Å²) in [7, 11) is 0. The van der Waals surface area contributed by atoms with E-state index in [4.69, 9.17) is 47.4 Å². The van der Waals surface area contributed by atoms with E-state index in [1.807, 2.05) is 0 Å². The van der Waals surface area contributed by atoms with Crippen LogP contribution in [0.2, 0.25) is 10.6 Å². The fourth-order valence-electron chi connectivity index (χ4n) is 4.97. The van der Waals surface area contributed by atoms with Crippen LogP contribution in [0.15, 0.2) is 0 Å². The number of hydrogen-bond acceptors (Lipinski definition) is 18. The van der Waals surface area contributed by atoms with Crippen LogP contribution in [0.5, 0.6) is 0 Å². The average molecular weight is 849 g/mol. The van der Waals surface area contributed by atoms with Gasteiger partial charge in [-0.05, 0) is 0 Å². The summed E-state index contributed by atoms with van der Waals surface area (Å²) in [5.41, 5.74) is 0. The summed E-state index contributed by atoms with van der Waals surface area (Å²) in [6, 6.07) is 0. The molecule has 2 aliphatic heterocycles. The van der Waals surface area contributed by atoms with Crippen molar-refractivity contribution in [1.29, 1.82) is 0 Å². The first-order chi connectivity index (χ1) is 23.4. The summed E-state index contributed by atoms with van der Waals surface area (Å²) in [5.74, 6) is -5.74. The first kappa shape index (κ1) is 42.9. The molecule has 0 aromatic carbocycles. The maximum absolute atomic E-state index is 12.2. The molecule has 0 amide bonds. The molecule has 0 radical (unpaired) electrons. The molecule has 2 aliphatic rings. The number of ether oxygens (including phenoxy) is 10. The molecule has 20 heteroatoms. The van der Waals surface area contributed by atoms with Crippen LogP contribution in [-0.2, 0) is 85.7 Å². The molecular formula is C30H42O18Se2. The molecule has 2 rings (SSSR count). The van der Waals surface area contributed by atoms with Crippen molar-refractivity contribution >= 4 is 77.7 Å². The van der Waals surface area contributed by atoms with E-state index in [-0.39, 0.29) is 13.2 Å². The minimum absolute atomic E-state index is 0.362. The van der Waals surface area contributed by atoms with E-state index in [0.717, 1.165) is 41.5 Å². The molecule has 282 valence electrons. The van der Waals surface area contributed by atoms with E-state index < -0.39 is 137 Å². The van der Waals surface area contributed by atoms with E-state index in [1.54, 1.807) is 0 Å². The zero-order valence-electron chi connectivity index (χ0n) is 28.8. The summed E-state index contributed by atoms with van der Waals surface area (Å²) < 4.78 is 55.5. The van der Waals surface area contributed by atoms with Gasteiger partial charge >= 0.3 is 301 Å². The summed E-state index contributed by atoms with van der Waals surface area (Å²) in [4.78, 5) is 95.8. The van der Waals surface area contributed by atoms with Gasteiger partial charge in [-0.3, -0.25) is 0 Å². The zero-order chi connectivity index (χ0) is 37.7. The number of carbonyl (C=O) groups is 8. The van der Waals surface area contributed by atoms with Crippen molar-refractivity contribution in [3.05, 3.63) is 0 Å². The number of hydrogen-bond donors (Lipinski definition) is 0. The Bertz CT molecular complexity index is 1160. The van der Waals surface area contributed by atoms with Gasteiger partial charge in [0, 0.05) is 0 Å². The molecule has 0 spiro atoms. The molecule has 0 bridgehead atoms. The predicted molar refractivity (Wildman–Crippen MR) is 165 cm³/mol. The summed E-state index contributed by atoms with van der Waals surface area (Å²) in [6.45, 7) is 8.42. The van der Waals surface area contributed by atoms with Crippen molar-refractivity contribution in [2.75, 3.05) is 13.2 Å². The topological polar surface area (TPSA) is 229 Å². The molecule has 50 heavy (non-hydrogen) atoms. The van der Waals surface area contributed by atoms with Crippen LogP contribution in [-0.4, -0.2) is 150 Å². The Kier molecular flexibility index (Phi) is 17.6. The van der Waals surface area contributed by atoms with Gasteiger partial charge in [0.15, 0.2) is 0 Å². The normalized spacial score (nSPS) is 29.0. The average Bonchev–Trinajstić information content (AvgIpc) is 2.97. The molecule has 0 aromatic heterocycles. The van der Waals surface area contributed by atoms with Crippen molar-refractivity contribution in [3.63, 3.8) is 0 Å². The Morgan fingerprint density at radius 3 is 0.920 bits per heavy atom. The third-order valence-corrected chi connectivity index (χ3v) is 12.7. The summed E-state index contributed by atoms with van der Waals surface area (Å²) in [5, 5.41) is -0.940. The van der Waals surface area contributed by atoms with Gasteiger partial charge in [-0.15, -0.1) is 0 Å². The van der Waals surface area contributed by atoms with Gasteiger partial charge in [0.1, 0.15) is 0 Å². The third kappa shape index (κ3) is 14.2. The van der Waals surface area contributed by atoms with Crippen LogP contribution in [0.3, 0.4) is 0 Å². The van der Waals surface area contributed by atoms with E-state index in [2.05, 4.69) is 0 Å². The zero-order valence-corrected chi connectivity index (χ0v) is 32.2. The Morgan fingerprint density at radius 2 is 0.660 bits per heavy atom. The fraction of sp³-hybridized carbons (Fsp3) is 0.733. The Balaban J connectivity index is 2.36. The molecule has 0 unspecified atom stereocenters. The molecule has 0 N–H and O–H groups in total. The van der Waals surface area contributed by atoms with Crippen LogP contribution in [0, 0.1) is 0 Å². The molecule has 0 saturated carbocycles. The number of rotatable bonds is 15. The molecular weight excluding hydrogens is 806 g/mol. The van der Waals surface area contributed by atoms with E-state index in [9.17, 15) is 38.4 Å². The van der Waals surface area contributed by atoms with Crippen molar-refractivity contribution in [3.8, 4) is 0 Å². The quantitative estimate of drug-likeness (QED) is 0.0867. The standard InChI is InChI=1S/C30H42O18Se2/c1-13(31)39-11-21-23(41-15(3)33)25(43-17(5)35)27(45-19(7)37)29(47-21)49-9-10-50-30-28(46-20(8)38)26(44-18(6)36)24(42-16(4)34)22(48-30)12-40-14(2)32/h21-30H,9-12H2,1-8H3/t21-,22-,23-,24-,25+,26+,27-,28-,29+,30+/m1/s1. The maximum atomic E-state index is 12.2. The SMILES string of the molecule is CC(=O)OC[C@H]1O[C@@H]([Se]CC[Se][C@@H]2O[C@H](COC(C)=O)[C@@H](OC(C)=O)[C@H](OC(C)=O)[C@H]2OC(C)=O)[C@H](OC(C)=O)[C@@H](OC(C)=O)[C@@H]1OC(C)=O. The van der Waals surface area contributed by atoms with Crippen molar-refractivity contribution in [2.45, 2.75) is 125 Å². The van der Waals surface area contributed by atoms with Gasteiger partial charge in [-0.2, -0.15) is 0 Å². The van der Waals surface area contributed by atoms with Gasteiger partial charge in [0.05, 0.1) is 0 Å². The molecule has 2 heterocycles. The van der Waals surface area contributed by atoms with Crippen LogP contribution < -0.4 is 0 Å². The van der Waals surface area contributed by atoms with Gasteiger partial charge in [0.25, 0.3) is 0 Å². The van der Waals surface area contributed by atoms with E-state index in [0.29, 0.717) is 10.6 Å². The van der Waals surface area contributed by atoms with Crippen LogP contribution in [0.1, 0.15) is 55.4 Å². The second-order valence-corrected chi connectivity index (χ2v) is 15.9. The second-order valence-electron chi connectivity index (χ2n) is 10.9. The molecule has 0 aromatic rings. The van der Waals surface area contributed by atoms with E-state index in [1.165, 1.54) is 13.8 Å². The Labute approximate surface area is 300 Å². The fourth-order valence-corrected chi connectivity index (χ4v) is 11.1. The molecule has 0 aliphatic carbocycles. The van der Waals surface area contributed by atoms with Gasteiger partial charge < -0.3 is 0 Å². The molecule has 18 nitrogen and oxygen atoms in total. The Hall–Kier alpha value is -3.28. The number of carbonyl (C=O) groups excluding carboxylic acids is 8. The van der Waals surface area contributed by atoms with Crippen molar-refractivity contribution in [2.24, 2.45) is 0 Å². The first-order valence-electron chi connectivity index (χ1n) is 15.2. The summed E-state index contributed by atoms with van der Waals surface area (Å²) in [6.07, 6.45) is -9.74. The third-order valence-electron chi connectivity index (χ3n) is 6.54. The second kappa shape index (κ2) is 20.5. The monoisotopic (exact) mass is 850 g/mol. The summed E-state index contributed by atoms with van der Waals surface area (Å²) >= 11 is -1.09. The van der Waals surface area contributed by atoms with Crippen molar-refractivity contribution in [1.82, 2.24) is 0 Å². The van der Waals surface area contributed by atoms with Gasteiger partial charge in [-0.1, -0.05) is 0 Å². The first-order valence-corrected chi connectivity index (χ1v) is 19.6. The van der Waals surface area contributed by atoms with Crippen LogP contribution in [0.4, 0.5) is 0 Å². The van der Waals surface area contributed by atoms with Gasteiger partial charge in [-0.25, -0.2) is 0 Å². The van der Waals surface area contributed by atoms with Crippen molar-refractivity contribution < 1.29 is 85.7 Å².